The van der Waals surface area contributed by atoms with Crippen LogP contribution in [0, 0.1) is 0 Å². The molecule has 1 saturated heterocycles. The molecule has 0 aromatic heterocycles. The van der Waals surface area contributed by atoms with Crippen LogP contribution in [-0.2, 0) is 15.3 Å². The fraction of sp³-hybridized carbons (Fsp3) is 0.241. The van der Waals surface area contributed by atoms with Crippen molar-refractivity contribution in [1.29, 1.82) is 0 Å². The fourth-order valence-electron chi connectivity index (χ4n) is 4.91. The number of nitrogens with zero attached hydrogens (tertiary/aromatic N) is 5. The third-order valence-corrected chi connectivity index (χ3v) is 8.21. The van der Waals surface area contributed by atoms with Crippen LogP contribution in [-0.4, -0.2) is 64.8 Å². The van der Waals surface area contributed by atoms with Crippen LogP contribution in [0.15, 0.2) is 88.8 Å². The average Bonchev–Trinajstić information content (AvgIpc) is 3.29. The Bertz CT molecular complexity index is 1420. The number of benzene rings is 3. The molecule has 1 atom stereocenters. The molecule has 3 aromatic carbocycles. The zero-order valence-corrected chi connectivity index (χ0v) is 22.2. The van der Waals surface area contributed by atoms with Crippen LogP contribution >= 0.6 is 23.4 Å². The molecular formula is C29H26ClN5O2S. The summed E-state index contributed by atoms with van der Waals surface area (Å²) >= 11 is 7.50. The Morgan fingerprint density at radius 2 is 1.63 bits per heavy atom. The lowest BCUT2D eigenvalue weighted by Gasteiger charge is -2.36. The number of hydrogen-bond acceptors (Lipinski definition) is 6. The average molecular weight is 544 g/mol. The normalized spacial score (nSPS) is 18.6. The smallest absolute Gasteiger partial charge is 0.259 e. The molecule has 0 N–H and O–H groups in total. The first-order valence-corrected chi connectivity index (χ1v) is 14.0. The van der Waals surface area contributed by atoms with Gasteiger partial charge in [-0.1, -0.05) is 65.8 Å². The molecule has 2 amide bonds. The molecule has 3 aliphatic heterocycles. The van der Waals surface area contributed by atoms with Gasteiger partial charge in [0.05, 0.1) is 12.1 Å². The highest BCUT2D eigenvalue weighted by atomic mass is 35.5. The lowest BCUT2D eigenvalue weighted by Crippen LogP contribution is -2.49. The van der Waals surface area contributed by atoms with E-state index in [4.69, 9.17) is 21.6 Å². The number of carbonyl (C=O) groups is 2. The van der Waals surface area contributed by atoms with Crippen LogP contribution in [0.5, 0.6) is 0 Å². The molecule has 0 aliphatic carbocycles. The second-order valence-electron chi connectivity index (χ2n) is 9.38. The number of carbonyl (C=O) groups excluding carboxylic acids is 2. The highest BCUT2D eigenvalue weighted by Gasteiger charge is 2.42. The number of halogens is 1. The van der Waals surface area contributed by atoms with E-state index in [0.29, 0.717) is 34.9 Å². The minimum Gasteiger partial charge on any atom is -0.368 e. The van der Waals surface area contributed by atoms with Gasteiger partial charge in [-0.2, -0.15) is 0 Å². The van der Waals surface area contributed by atoms with Crippen molar-refractivity contribution < 1.29 is 9.59 Å². The van der Waals surface area contributed by atoms with E-state index in [9.17, 15) is 9.59 Å². The molecule has 9 heteroatoms. The summed E-state index contributed by atoms with van der Waals surface area (Å²) in [5, 5.41) is 1.26. The predicted octanol–water partition coefficient (Wildman–Crippen LogP) is 4.97. The molecule has 6 rings (SSSR count). The Hall–Kier alpha value is -3.62. The molecule has 0 saturated carbocycles. The number of rotatable bonds is 5. The maximum atomic E-state index is 13.6. The van der Waals surface area contributed by atoms with Gasteiger partial charge in [-0.05, 0) is 42.0 Å². The summed E-state index contributed by atoms with van der Waals surface area (Å²) in [6.07, 6.45) is 0.0570. The van der Waals surface area contributed by atoms with Crippen LogP contribution in [0.3, 0.4) is 0 Å². The van der Waals surface area contributed by atoms with Crippen molar-refractivity contribution >= 4 is 57.6 Å². The summed E-state index contributed by atoms with van der Waals surface area (Å²) in [5.41, 5.74) is 3.82. The minimum atomic E-state index is -0.753. The zero-order valence-electron chi connectivity index (χ0n) is 20.7. The zero-order chi connectivity index (χ0) is 26.1. The Morgan fingerprint density at radius 3 is 2.39 bits per heavy atom. The SMILES string of the molecule is O=C(C[C@H]1N=C2c3ccccc3N=C(SCc3ccc(Cl)cc3)N2C1=O)N1CCN(c2ccccc2)CC1. The molecule has 0 bridgehead atoms. The van der Waals surface area contributed by atoms with E-state index < -0.39 is 6.04 Å². The van der Waals surface area contributed by atoms with E-state index >= 15 is 0 Å². The van der Waals surface area contributed by atoms with E-state index in [2.05, 4.69) is 17.0 Å². The van der Waals surface area contributed by atoms with E-state index in [1.165, 1.54) is 11.8 Å². The van der Waals surface area contributed by atoms with Crippen molar-refractivity contribution in [1.82, 2.24) is 9.80 Å². The predicted molar refractivity (Wildman–Crippen MR) is 153 cm³/mol. The molecule has 0 unspecified atom stereocenters. The Balaban J connectivity index is 1.16. The third-order valence-electron chi connectivity index (χ3n) is 6.95. The van der Waals surface area contributed by atoms with Crippen molar-refractivity contribution in [2.75, 3.05) is 31.1 Å². The van der Waals surface area contributed by atoms with Crippen LogP contribution in [0.4, 0.5) is 11.4 Å². The van der Waals surface area contributed by atoms with Gasteiger partial charge in [-0.25, -0.2) is 9.89 Å². The summed E-state index contributed by atoms with van der Waals surface area (Å²) < 4.78 is 0. The van der Waals surface area contributed by atoms with Gasteiger partial charge in [0.25, 0.3) is 5.91 Å². The van der Waals surface area contributed by atoms with Gasteiger partial charge in [0.1, 0.15) is 11.9 Å². The second kappa shape index (κ2) is 10.6. The summed E-state index contributed by atoms with van der Waals surface area (Å²) in [4.78, 5) is 42.1. The number of piperazine rings is 1. The Kier molecular flexibility index (Phi) is 6.91. The second-order valence-corrected chi connectivity index (χ2v) is 10.8. The summed E-state index contributed by atoms with van der Waals surface area (Å²) in [7, 11) is 0. The molecule has 38 heavy (non-hydrogen) atoms. The van der Waals surface area contributed by atoms with Crippen molar-refractivity contribution in [2.45, 2.75) is 18.2 Å². The lowest BCUT2D eigenvalue weighted by molar-refractivity contribution is -0.135. The third kappa shape index (κ3) is 4.93. The molecule has 192 valence electrons. The number of hydrogen-bond donors (Lipinski definition) is 0. The number of fused-ring (bicyclic) bond motifs is 3. The number of amidine groups is 2. The molecule has 7 nitrogen and oxygen atoms in total. The van der Waals surface area contributed by atoms with E-state index in [1.807, 2.05) is 71.6 Å². The molecule has 3 aliphatic rings. The number of para-hydroxylation sites is 2. The molecule has 0 spiro atoms. The van der Waals surface area contributed by atoms with Gasteiger partial charge >= 0.3 is 0 Å². The molecular weight excluding hydrogens is 518 g/mol. The largest absolute Gasteiger partial charge is 0.368 e. The minimum absolute atomic E-state index is 0.0409. The number of aliphatic imine (C=N–C) groups is 2. The van der Waals surface area contributed by atoms with Gasteiger partial charge in [0.2, 0.25) is 5.91 Å². The molecule has 0 radical (unpaired) electrons. The molecule has 3 heterocycles. The van der Waals surface area contributed by atoms with Crippen LogP contribution in [0.25, 0.3) is 0 Å². The van der Waals surface area contributed by atoms with Gasteiger partial charge in [0, 0.05) is 48.2 Å². The maximum absolute atomic E-state index is 13.6. The van der Waals surface area contributed by atoms with Gasteiger partial charge in [0.15, 0.2) is 5.17 Å². The summed E-state index contributed by atoms with van der Waals surface area (Å²) in [6, 6.07) is 24.8. The first kappa shape index (κ1) is 24.7. The van der Waals surface area contributed by atoms with Crippen LogP contribution in [0.1, 0.15) is 17.5 Å². The maximum Gasteiger partial charge on any atom is 0.259 e. The van der Waals surface area contributed by atoms with Crippen molar-refractivity contribution in [3.05, 3.63) is 95.0 Å². The molecule has 3 aromatic rings. The monoisotopic (exact) mass is 543 g/mol. The quantitative estimate of drug-likeness (QED) is 0.455. The lowest BCUT2D eigenvalue weighted by atomic mass is 10.1. The number of thioether (sulfide) groups is 1. The summed E-state index contributed by atoms with van der Waals surface area (Å²) in [5.74, 6) is 0.963. The van der Waals surface area contributed by atoms with E-state index in [-0.39, 0.29) is 18.2 Å². The first-order chi connectivity index (χ1) is 18.6. The molecule has 1 fully saturated rings. The Labute approximate surface area is 230 Å². The standard InChI is InChI=1S/C29H26ClN5O2S/c30-21-12-10-20(11-13-21)19-38-29-32-24-9-5-4-8-23(24)27-31-25(28(37)35(27)29)18-26(36)34-16-14-33(15-17-34)22-6-2-1-3-7-22/h1-13,25H,14-19H2/t25-/m1/s1. The van der Waals surface area contributed by atoms with Crippen LogP contribution < -0.4 is 4.90 Å². The highest BCUT2D eigenvalue weighted by molar-refractivity contribution is 8.13. The van der Waals surface area contributed by atoms with E-state index in [0.717, 1.165) is 35.6 Å². The number of anilines is 1. The van der Waals surface area contributed by atoms with Gasteiger partial charge in [-0.15, -0.1) is 0 Å². The van der Waals surface area contributed by atoms with Crippen molar-refractivity contribution in [2.24, 2.45) is 9.98 Å². The van der Waals surface area contributed by atoms with Gasteiger partial charge < -0.3 is 9.80 Å². The van der Waals surface area contributed by atoms with E-state index in [1.54, 1.807) is 4.90 Å². The highest BCUT2D eigenvalue weighted by Crippen LogP contribution is 2.35. The number of amides is 2. The van der Waals surface area contributed by atoms with Gasteiger partial charge in [-0.3, -0.25) is 14.6 Å². The van der Waals surface area contributed by atoms with Crippen molar-refractivity contribution in [3.63, 3.8) is 0 Å². The summed E-state index contributed by atoms with van der Waals surface area (Å²) in [6.45, 7) is 2.78. The fourth-order valence-corrected chi connectivity index (χ4v) is 5.99. The Morgan fingerprint density at radius 1 is 0.921 bits per heavy atom. The first-order valence-electron chi connectivity index (χ1n) is 12.6. The van der Waals surface area contributed by atoms with Crippen LogP contribution in [0.2, 0.25) is 5.02 Å². The van der Waals surface area contributed by atoms with Crippen molar-refractivity contribution in [3.8, 4) is 0 Å². The topological polar surface area (TPSA) is 68.6 Å².